The van der Waals surface area contributed by atoms with Crippen LogP contribution in [0.4, 0.5) is 5.13 Å². The largest absolute Gasteiger partial charge is 0.283 e. The van der Waals surface area contributed by atoms with E-state index in [4.69, 9.17) is 4.98 Å². The van der Waals surface area contributed by atoms with Crippen LogP contribution in [0.2, 0.25) is 0 Å². The van der Waals surface area contributed by atoms with Gasteiger partial charge < -0.3 is 0 Å². The first kappa shape index (κ1) is 18.3. The molecule has 0 saturated heterocycles. The molecule has 0 unspecified atom stereocenters. The van der Waals surface area contributed by atoms with Crippen molar-refractivity contribution in [3.8, 4) is 0 Å². The fraction of sp³-hybridized carbons (Fsp3) is 0.174. The smallest absolute Gasteiger partial charge is 0.233 e. The summed E-state index contributed by atoms with van der Waals surface area (Å²) in [5, 5.41) is 0.723. The third kappa shape index (κ3) is 3.94. The first-order valence-corrected chi connectivity index (χ1v) is 10.0. The second-order valence-electron chi connectivity index (χ2n) is 6.91. The summed E-state index contributed by atoms with van der Waals surface area (Å²) in [6, 6.07) is 18.1. The van der Waals surface area contributed by atoms with Gasteiger partial charge in [-0.15, -0.1) is 0 Å². The quantitative estimate of drug-likeness (QED) is 0.479. The summed E-state index contributed by atoms with van der Waals surface area (Å²) < 4.78 is 1.08. The molecule has 2 aromatic carbocycles. The highest BCUT2D eigenvalue weighted by Crippen LogP contribution is 2.30. The Labute approximate surface area is 168 Å². The van der Waals surface area contributed by atoms with Crippen LogP contribution in [0.5, 0.6) is 0 Å². The van der Waals surface area contributed by atoms with E-state index in [0.29, 0.717) is 13.0 Å². The van der Waals surface area contributed by atoms with E-state index in [1.54, 1.807) is 28.6 Å². The van der Waals surface area contributed by atoms with Crippen molar-refractivity contribution in [2.45, 2.75) is 26.8 Å². The number of rotatable bonds is 5. The number of amides is 1. The second-order valence-corrected chi connectivity index (χ2v) is 7.92. The minimum atomic E-state index is 0.0385. The van der Waals surface area contributed by atoms with E-state index in [9.17, 15) is 4.79 Å². The second kappa shape index (κ2) is 7.90. The number of aromatic nitrogens is 2. The number of pyridine rings is 1. The van der Waals surface area contributed by atoms with Crippen LogP contribution in [0.1, 0.15) is 22.3 Å². The van der Waals surface area contributed by atoms with Gasteiger partial charge in [0, 0.05) is 12.4 Å². The topological polar surface area (TPSA) is 46.1 Å². The van der Waals surface area contributed by atoms with Crippen LogP contribution in [-0.4, -0.2) is 15.9 Å². The minimum Gasteiger partial charge on any atom is -0.283 e. The molecule has 4 nitrogen and oxygen atoms in total. The van der Waals surface area contributed by atoms with E-state index in [2.05, 4.69) is 23.2 Å². The lowest BCUT2D eigenvalue weighted by molar-refractivity contribution is -0.118. The maximum absolute atomic E-state index is 13.3. The van der Waals surface area contributed by atoms with Gasteiger partial charge in [0.05, 0.1) is 23.2 Å². The molecule has 0 atom stereocenters. The van der Waals surface area contributed by atoms with Crippen molar-refractivity contribution in [2.75, 3.05) is 4.90 Å². The number of para-hydroxylation sites is 1. The van der Waals surface area contributed by atoms with Crippen molar-refractivity contribution in [3.63, 3.8) is 0 Å². The Balaban J connectivity index is 1.69. The molecule has 0 aliphatic heterocycles. The number of hydrogen-bond acceptors (Lipinski definition) is 4. The van der Waals surface area contributed by atoms with E-state index in [1.807, 2.05) is 50.2 Å². The van der Waals surface area contributed by atoms with Crippen molar-refractivity contribution in [1.82, 2.24) is 9.97 Å². The lowest BCUT2D eigenvalue weighted by atomic mass is 10.0. The Morgan fingerprint density at radius 2 is 1.93 bits per heavy atom. The molecule has 4 aromatic rings. The van der Waals surface area contributed by atoms with E-state index in [1.165, 1.54) is 0 Å². The maximum Gasteiger partial charge on any atom is 0.233 e. The van der Waals surface area contributed by atoms with Gasteiger partial charge >= 0.3 is 0 Å². The first-order chi connectivity index (χ1) is 13.6. The summed E-state index contributed by atoms with van der Waals surface area (Å²) in [6.45, 7) is 4.55. The molecule has 0 aliphatic rings. The summed E-state index contributed by atoms with van der Waals surface area (Å²) >= 11 is 1.54. The fourth-order valence-corrected chi connectivity index (χ4v) is 4.14. The molecule has 28 heavy (non-hydrogen) atoms. The molecule has 0 aliphatic carbocycles. The molecule has 0 bridgehead atoms. The van der Waals surface area contributed by atoms with Crippen molar-refractivity contribution in [3.05, 3.63) is 89.2 Å². The highest BCUT2D eigenvalue weighted by Gasteiger charge is 2.21. The number of carbonyl (C=O) groups excluding carboxylic acids is 1. The van der Waals surface area contributed by atoms with E-state index >= 15 is 0 Å². The van der Waals surface area contributed by atoms with Crippen LogP contribution in [0, 0.1) is 13.8 Å². The monoisotopic (exact) mass is 387 g/mol. The number of thiazole rings is 1. The normalized spacial score (nSPS) is 10.9. The maximum atomic E-state index is 13.3. The average molecular weight is 388 g/mol. The van der Waals surface area contributed by atoms with Crippen LogP contribution in [0.15, 0.2) is 67.0 Å². The number of carbonyl (C=O) groups is 1. The molecular weight excluding hydrogens is 366 g/mol. The number of nitrogens with zero attached hydrogens (tertiary/aromatic N) is 3. The lowest BCUT2D eigenvalue weighted by Gasteiger charge is -2.20. The molecule has 1 amide bonds. The van der Waals surface area contributed by atoms with Crippen LogP contribution in [0.3, 0.4) is 0 Å². The molecule has 0 saturated carbocycles. The SMILES string of the molecule is Cc1ccc(C)c(CC(=O)N(Cc2cccnc2)c2nc3ccccc3s2)c1. The fourth-order valence-electron chi connectivity index (χ4n) is 3.16. The zero-order chi connectivity index (χ0) is 19.5. The van der Waals surface area contributed by atoms with Crippen LogP contribution < -0.4 is 4.90 Å². The molecule has 2 heterocycles. The Morgan fingerprint density at radius 3 is 2.71 bits per heavy atom. The van der Waals surface area contributed by atoms with Crippen molar-refractivity contribution in [1.29, 1.82) is 0 Å². The predicted molar refractivity (Wildman–Crippen MR) is 115 cm³/mol. The Hall–Kier alpha value is -3.05. The summed E-state index contributed by atoms with van der Waals surface area (Å²) in [4.78, 5) is 24.0. The van der Waals surface area contributed by atoms with E-state index < -0.39 is 0 Å². The summed E-state index contributed by atoms with van der Waals surface area (Å²) in [7, 11) is 0. The average Bonchev–Trinajstić information content (AvgIpc) is 3.13. The van der Waals surface area contributed by atoms with Gasteiger partial charge in [0.2, 0.25) is 5.91 Å². The Bertz CT molecular complexity index is 1090. The Morgan fingerprint density at radius 1 is 1.07 bits per heavy atom. The van der Waals surface area contributed by atoms with Gasteiger partial charge in [-0.1, -0.05) is 53.3 Å². The predicted octanol–water partition coefficient (Wildman–Crippen LogP) is 5.08. The Kier molecular flexibility index (Phi) is 5.17. The zero-order valence-corrected chi connectivity index (χ0v) is 16.7. The highest BCUT2D eigenvalue weighted by atomic mass is 32.1. The number of anilines is 1. The van der Waals surface area contributed by atoms with E-state index in [-0.39, 0.29) is 5.91 Å². The molecule has 0 fully saturated rings. The van der Waals surface area contributed by atoms with Gasteiger partial charge in [0.15, 0.2) is 5.13 Å². The molecular formula is C23H21N3OS. The third-order valence-electron chi connectivity index (χ3n) is 4.72. The lowest BCUT2D eigenvalue weighted by Crippen LogP contribution is -2.32. The van der Waals surface area contributed by atoms with Gasteiger partial charge in [-0.3, -0.25) is 14.7 Å². The molecule has 140 valence electrons. The van der Waals surface area contributed by atoms with Crippen LogP contribution in [0.25, 0.3) is 10.2 Å². The van der Waals surface area contributed by atoms with Gasteiger partial charge in [0.25, 0.3) is 0 Å². The number of aryl methyl sites for hydroxylation is 2. The van der Waals surface area contributed by atoms with E-state index in [0.717, 1.165) is 37.6 Å². The van der Waals surface area contributed by atoms with Crippen molar-refractivity contribution < 1.29 is 4.79 Å². The van der Waals surface area contributed by atoms with Gasteiger partial charge in [0.1, 0.15) is 0 Å². The number of fused-ring (bicyclic) bond motifs is 1. The van der Waals surface area contributed by atoms with Crippen LogP contribution >= 0.6 is 11.3 Å². The summed E-state index contributed by atoms with van der Waals surface area (Å²) in [5.41, 5.74) is 5.24. The number of benzene rings is 2. The zero-order valence-electron chi connectivity index (χ0n) is 15.9. The van der Waals surface area contributed by atoms with Gasteiger partial charge in [-0.2, -0.15) is 0 Å². The number of hydrogen-bond donors (Lipinski definition) is 0. The first-order valence-electron chi connectivity index (χ1n) is 9.21. The van der Waals surface area contributed by atoms with Crippen molar-refractivity contribution in [2.24, 2.45) is 0 Å². The highest BCUT2D eigenvalue weighted by molar-refractivity contribution is 7.22. The van der Waals surface area contributed by atoms with Gasteiger partial charge in [-0.05, 0) is 48.7 Å². The molecule has 0 radical (unpaired) electrons. The van der Waals surface area contributed by atoms with Crippen molar-refractivity contribution >= 4 is 32.6 Å². The van der Waals surface area contributed by atoms with Crippen LogP contribution in [-0.2, 0) is 17.8 Å². The molecule has 4 rings (SSSR count). The third-order valence-corrected chi connectivity index (χ3v) is 5.78. The molecule has 0 spiro atoms. The molecule has 2 aromatic heterocycles. The molecule has 0 N–H and O–H groups in total. The minimum absolute atomic E-state index is 0.0385. The molecule has 5 heteroatoms. The van der Waals surface area contributed by atoms with Gasteiger partial charge in [-0.25, -0.2) is 4.98 Å². The summed E-state index contributed by atoms with van der Waals surface area (Å²) in [5.74, 6) is 0.0385. The summed E-state index contributed by atoms with van der Waals surface area (Å²) in [6.07, 6.45) is 3.89. The standard InChI is InChI=1S/C23H21N3OS/c1-16-9-10-17(2)19(12-16)13-22(27)26(15-18-6-5-11-24-14-18)23-25-20-7-3-4-8-21(20)28-23/h3-12,14H,13,15H2,1-2H3.